The van der Waals surface area contributed by atoms with Crippen LogP contribution < -0.4 is 0 Å². The van der Waals surface area contributed by atoms with Crippen LogP contribution in [0.15, 0.2) is 36.7 Å². The number of rotatable bonds is 3. The molecule has 0 N–H and O–H groups in total. The van der Waals surface area contributed by atoms with Crippen LogP contribution in [0.5, 0.6) is 0 Å². The zero-order valence-electron chi connectivity index (χ0n) is 10.7. The quantitative estimate of drug-likeness (QED) is 0.550. The van der Waals surface area contributed by atoms with Gasteiger partial charge in [-0.3, -0.25) is 10.1 Å². The molecule has 7 heteroatoms. The van der Waals surface area contributed by atoms with Crippen molar-refractivity contribution in [2.45, 2.75) is 6.54 Å². The first-order chi connectivity index (χ1) is 9.56. The van der Waals surface area contributed by atoms with E-state index in [1.807, 2.05) is 23.9 Å². The number of imidazole rings is 1. The van der Waals surface area contributed by atoms with Gasteiger partial charge in [0.25, 0.3) is 5.69 Å². The number of nitro benzene ring substituents is 1. The predicted octanol–water partition coefficient (Wildman–Crippen LogP) is 2.98. The lowest BCUT2D eigenvalue weighted by Crippen LogP contribution is -2.05. The summed E-state index contributed by atoms with van der Waals surface area (Å²) in [6, 6.07) is 6.74. The maximum atomic E-state index is 10.9. The Morgan fingerprint density at radius 2 is 2.20 bits per heavy atom. The monoisotopic (exact) mass is 290 g/mol. The number of hydrogen-bond donors (Lipinski definition) is 0. The highest BCUT2D eigenvalue weighted by molar-refractivity contribution is 6.29. The van der Waals surface area contributed by atoms with Crippen LogP contribution in [0, 0.1) is 10.1 Å². The fraction of sp³-hybridized carbons (Fsp3) is 0.154. The molecule has 0 amide bonds. The Kier molecular flexibility index (Phi) is 2.94. The molecular formula is C13H11ClN4O2. The van der Waals surface area contributed by atoms with Crippen molar-refractivity contribution < 1.29 is 4.92 Å². The maximum Gasteiger partial charge on any atom is 0.271 e. The lowest BCUT2D eigenvalue weighted by Gasteiger charge is -2.06. The number of benzene rings is 1. The smallest absolute Gasteiger partial charge is 0.271 e. The molecule has 1 aromatic carbocycles. The van der Waals surface area contributed by atoms with E-state index in [2.05, 4.69) is 4.98 Å². The molecule has 102 valence electrons. The van der Waals surface area contributed by atoms with Crippen molar-refractivity contribution in [1.82, 2.24) is 14.1 Å². The van der Waals surface area contributed by atoms with Gasteiger partial charge in [-0.15, -0.1) is 0 Å². The number of fused-ring (bicyclic) bond motifs is 1. The van der Waals surface area contributed by atoms with Crippen molar-refractivity contribution in [3.8, 4) is 0 Å². The van der Waals surface area contributed by atoms with Crippen molar-refractivity contribution in [3.63, 3.8) is 0 Å². The largest absolute Gasteiger partial charge is 0.340 e. The molecule has 0 atom stereocenters. The topological polar surface area (TPSA) is 65.9 Å². The van der Waals surface area contributed by atoms with E-state index in [-0.39, 0.29) is 5.69 Å². The van der Waals surface area contributed by atoms with Gasteiger partial charge in [0.05, 0.1) is 23.2 Å². The minimum absolute atomic E-state index is 0.0790. The third kappa shape index (κ3) is 2.04. The van der Waals surface area contributed by atoms with Gasteiger partial charge < -0.3 is 9.13 Å². The minimum Gasteiger partial charge on any atom is -0.340 e. The summed E-state index contributed by atoms with van der Waals surface area (Å²) in [6.45, 7) is 0.508. The molecule has 2 heterocycles. The molecule has 6 nitrogen and oxygen atoms in total. The number of halogens is 1. The van der Waals surface area contributed by atoms with E-state index >= 15 is 0 Å². The van der Waals surface area contributed by atoms with Gasteiger partial charge in [0.15, 0.2) is 0 Å². The zero-order chi connectivity index (χ0) is 14.3. The first-order valence-corrected chi connectivity index (χ1v) is 6.33. The molecule has 3 aromatic rings. The SMILES string of the molecule is Cn1c(Cl)cnc1Cn1ccc2ccc([N+](=O)[O-])cc21. The second-order valence-electron chi connectivity index (χ2n) is 4.50. The van der Waals surface area contributed by atoms with Crippen molar-refractivity contribution >= 4 is 28.2 Å². The summed E-state index contributed by atoms with van der Waals surface area (Å²) in [6.07, 6.45) is 3.47. The summed E-state index contributed by atoms with van der Waals surface area (Å²) in [5.74, 6) is 0.791. The Labute approximate surface area is 119 Å². The Hall–Kier alpha value is -2.34. The molecular weight excluding hydrogens is 280 g/mol. The predicted molar refractivity (Wildman–Crippen MR) is 75.9 cm³/mol. The fourth-order valence-corrected chi connectivity index (χ4v) is 2.29. The average Bonchev–Trinajstić information content (AvgIpc) is 2.97. The van der Waals surface area contributed by atoms with Gasteiger partial charge in [0.1, 0.15) is 11.0 Å². The van der Waals surface area contributed by atoms with E-state index in [0.717, 1.165) is 16.7 Å². The van der Waals surface area contributed by atoms with E-state index in [1.54, 1.807) is 22.9 Å². The summed E-state index contributed by atoms with van der Waals surface area (Å²) in [4.78, 5) is 14.7. The number of nitrogens with zero attached hydrogens (tertiary/aromatic N) is 4. The zero-order valence-corrected chi connectivity index (χ0v) is 11.4. The molecule has 0 fully saturated rings. The molecule has 0 aliphatic rings. The number of aromatic nitrogens is 3. The van der Waals surface area contributed by atoms with Crippen LogP contribution in [0.4, 0.5) is 5.69 Å². The van der Waals surface area contributed by atoms with E-state index in [0.29, 0.717) is 11.7 Å². The van der Waals surface area contributed by atoms with Gasteiger partial charge in [0.2, 0.25) is 0 Å². The lowest BCUT2D eigenvalue weighted by molar-refractivity contribution is -0.384. The van der Waals surface area contributed by atoms with E-state index in [4.69, 9.17) is 11.6 Å². The summed E-state index contributed by atoms with van der Waals surface area (Å²) < 4.78 is 3.70. The molecule has 0 spiro atoms. The first-order valence-electron chi connectivity index (χ1n) is 5.95. The molecule has 3 rings (SSSR count). The molecule has 0 radical (unpaired) electrons. The normalized spacial score (nSPS) is 11.1. The van der Waals surface area contributed by atoms with E-state index in [9.17, 15) is 10.1 Å². The molecule has 0 unspecified atom stereocenters. The van der Waals surface area contributed by atoms with E-state index < -0.39 is 4.92 Å². The van der Waals surface area contributed by atoms with Crippen LogP contribution in [0.25, 0.3) is 10.9 Å². The van der Waals surface area contributed by atoms with Gasteiger partial charge in [-0.1, -0.05) is 11.6 Å². The molecule has 0 saturated carbocycles. The highest BCUT2D eigenvalue weighted by atomic mass is 35.5. The third-order valence-corrected chi connectivity index (χ3v) is 3.66. The Balaban J connectivity index is 2.05. The van der Waals surface area contributed by atoms with Crippen LogP contribution >= 0.6 is 11.6 Å². The first kappa shape index (κ1) is 12.7. The number of non-ortho nitro benzene ring substituents is 1. The summed E-state index contributed by atoms with van der Waals surface area (Å²) in [5.41, 5.74) is 0.883. The van der Waals surface area contributed by atoms with Crippen LogP contribution in [-0.4, -0.2) is 19.0 Å². The molecule has 20 heavy (non-hydrogen) atoms. The fourth-order valence-electron chi connectivity index (χ4n) is 2.15. The van der Waals surface area contributed by atoms with Crippen LogP contribution in [0.1, 0.15) is 5.82 Å². The Morgan fingerprint density at radius 1 is 1.40 bits per heavy atom. The van der Waals surface area contributed by atoms with Crippen molar-refractivity contribution in [3.05, 3.63) is 57.8 Å². The Morgan fingerprint density at radius 3 is 2.85 bits per heavy atom. The van der Waals surface area contributed by atoms with Gasteiger partial charge in [-0.25, -0.2) is 4.98 Å². The highest BCUT2D eigenvalue weighted by Gasteiger charge is 2.11. The van der Waals surface area contributed by atoms with Crippen LogP contribution in [0.2, 0.25) is 5.15 Å². The Bertz CT molecular complexity index is 806. The number of nitro groups is 1. The second kappa shape index (κ2) is 4.64. The molecule has 2 aromatic heterocycles. The maximum absolute atomic E-state index is 10.9. The standard InChI is InChI=1S/C13H11ClN4O2/c1-16-12(14)7-15-13(16)8-17-5-4-9-2-3-10(18(19)20)6-11(9)17/h2-7H,8H2,1H3. The van der Waals surface area contributed by atoms with Crippen molar-refractivity contribution in [2.24, 2.45) is 7.05 Å². The highest BCUT2D eigenvalue weighted by Crippen LogP contribution is 2.23. The average molecular weight is 291 g/mol. The van der Waals surface area contributed by atoms with Crippen LogP contribution in [-0.2, 0) is 13.6 Å². The number of hydrogen-bond acceptors (Lipinski definition) is 3. The van der Waals surface area contributed by atoms with Gasteiger partial charge >= 0.3 is 0 Å². The van der Waals surface area contributed by atoms with Crippen molar-refractivity contribution in [1.29, 1.82) is 0 Å². The van der Waals surface area contributed by atoms with Gasteiger partial charge in [-0.2, -0.15) is 0 Å². The summed E-state index contributed by atoms with van der Waals surface area (Å²) in [7, 11) is 1.83. The molecule has 0 aliphatic heterocycles. The molecule has 0 saturated heterocycles. The third-order valence-electron chi connectivity index (χ3n) is 3.31. The summed E-state index contributed by atoms with van der Waals surface area (Å²) >= 11 is 5.96. The summed E-state index contributed by atoms with van der Waals surface area (Å²) in [5, 5.41) is 12.4. The molecule has 0 bridgehead atoms. The van der Waals surface area contributed by atoms with Gasteiger partial charge in [0, 0.05) is 30.8 Å². The van der Waals surface area contributed by atoms with Crippen molar-refractivity contribution in [2.75, 3.05) is 0 Å². The van der Waals surface area contributed by atoms with Gasteiger partial charge in [-0.05, 0) is 12.1 Å². The minimum atomic E-state index is -0.394. The van der Waals surface area contributed by atoms with E-state index in [1.165, 1.54) is 6.07 Å². The molecule has 0 aliphatic carbocycles. The lowest BCUT2D eigenvalue weighted by atomic mass is 10.2. The van der Waals surface area contributed by atoms with Crippen LogP contribution in [0.3, 0.4) is 0 Å². The second-order valence-corrected chi connectivity index (χ2v) is 4.89.